The van der Waals surface area contributed by atoms with E-state index in [4.69, 9.17) is 5.73 Å². The van der Waals surface area contributed by atoms with Gasteiger partial charge in [-0.2, -0.15) is 0 Å². The van der Waals surface area contributed by atoms with Crippen molar-refractivity contribution in [3.8, 4) is 0 Å². The number of fused-ring (bicyclic) bond motifs is 1. The Morgan fingerprint density at radius 2 is 1.95 bits per heavy atom. The van der Waals surface area contributed by atoms with Crippen molar-refractivity contribution in [1.29, 1.82) is 0 Å². The van der Waals surface area contributed by atoms with Gasteiger partial charge in [0.05, 0.1) is 17.2 Å². The van der Waals surface area contributed by atoms with E-state index in [0.29, 0.717) is 17.4 Å². The second kappa shape index (κ2) is 6.09. The molecular weight excluding hydrogens is 284 g/mol. The van der Waals surface area contributed by atoms with Gasteiger partial charge in [-0.05, 0) is 24.0 Å². The standard InChI is InChI=1S/C16H18N2O4/c1-9(2)11-4-3-5-12-14(11)16(22)18(15(12)21)10(8-19)6-7-13(17)20/h3-5,8-10H,6-7H2,1-2H3,(H2,17,20). The van der Waals surface area contributed by atoms with Crippen molar-refractivity contribution < 1.29 is 19.2 Å². The van der Waals surface area contributed by atoms with E-state index in [2.05, 4.69) is 0 Å². The third-order valence-corrected chi connectivity index (χ3v) is 3.78. The minimum atomic E-state index is -0.972. The number of hydrogen-bond acceptors (Lipinski definition) is 4. The van der Waals surface area contributed by atoms with Crippen LogP contribution in [-0.2, 0) is 9.59 Å². The van der Waals surface area contributed by atoms with Gasteiger partial charge in [0.1, 0.15) is 6.29 Å². The van der Waals surface area contributed by atoms with Gasteiger partial charge in [0.25, 0.3) is 11.8 Å². The SMILES string of the molecule is CC(C)c1cccc2c1C(=O)N(C(C=O)CCC(N)=O)C2=O. The van der Waals surface area contributed by atoms with Gasteiger partial charge in [-0.15, -0.1) is 0 Å². The lowest BCUT2D eigenvalue weighted by Crippen LogP contribution is -2.41. The van der Waals surface area contributed by atoms with Crippen molar-refractivity contribution in [1.82, 2.24) is 4.90 Å². The summed E-state index contributed by atoms with van der Waals surface area (Å²) in [5.41, 5.74) is 6.51. The topological polar surface area (TPSA) is 97.5 Å². The fourth-order valence-corrected chi connectivity index (χ4v) is 2.66. The van der Waals surface area contributed by atoms with Crippen LogP contribution in [0, 0.1) is 0 Å². The smallest absolute Gasteiger partial charge is 0.262 e. The Morgan fingerprint density at radius 1 is 1.27 bits per heavy atom. The fraction of sp³-hybridized carbons (Fsp3) is 0.375. The zero-order chi connectivity index (χ0) is 16.4. The number of aldehydes is 1. The quantitative estimate of drug-likeness (QED) is 0.631. The summed E-state index contributed by atoms with van der Waals surface area (Å²) in [7, 11) is 0. The van der Waals surface area contributed by atoms with Crippen molar-refractivity contribution in [2.24, 2.45) is 5.73 Å². The highest BCUT2D eigenvalue weighted by atomic mass is 16.2. The van der Waals surface area contributed by atoms with Gasteiger partial charge >= 0.3 is 0 Å². The van der Waals surface area contributed by atoms with Crippen molar-refractivity contribution in [3.05, 3.63) is 34.9 Å². The lowest BCUT2D eigenvalue weighted by molar-refractivity contribution is -0.118. The van der Waals surface area contributed by atoms with Crippen LogP contribution >= 0.6 is 0 Å². The maximum atomic E-state index is 12.6. The summed E-state index contributed by atoms with van der Waals surface area (Å²) >= 11 is 0. The number of rotatable bonds is 6. The average molecular weight is 302 g/mol. The molecule has 0 spiro atoms. The normalized spacial score (nSPS) is 15.1. The van der Waals surface area contributed by atoms with Crippen molar-refractivity contribution >= 4 is 24.0 Å². The first-order valence-corrected chi connectivity index (χ1v) is 7.12. The molecule has 0 bridgehead atoms. The summed E-state index contributed by atoms with van der Waals surface area (Å²) in [5, 5.41) is 0. The van der Waals surface area contributed by atoms with Crippen molar-refractivity contribution in [2.75, 3.05) is 0 Å². The lowest BCUT2D eigenvalue weighted by Gasteiger charge is -2.20. The van der Waals surface area contributed by atoms with E-state index in [1.807, 2.05) is 13.8 Å². The maximum Gasteiger partial charge on any atom is 0.262 e. The predicted octanol–water partition coefficient (Wildman–Crippen LogP) is 1.24. The Kier molecular flexibility index (Phi) is 4.40. The molecule has 0 aliphatic carbocycles. The van der Waals surface area contributed by atoms with Gasteiger partial charge in [-0.1, -0.05) is 26.0 Å². The Labute approximate surface area is 128 Å². The van der Waals surface area contributed by atoms with Gasteiger partial charge in [0.15, 0.2) is 0 Å². The van der Waals surface area contributed by atoms with E-state index in [9.17, 15) is 19.2 Å². The summed E-state index contributed by atoms with van der Waals surface area (Å²) in [4.78, 5) is 48.1. The minimum Gasteiger partial charge on any atom is -0.370 e. The molecule has 1 unspecified atom stereocenters. The molecule has 0 saturated heterocycles. The molecule has 22 heavy (non-hydrogen) atoms. The highest BCUT2D eigenvalue weighted by Gasteiger charge is 2.41. The summed E-state index contributed by atoms with van der Waals surface area (Å²) in [6, 6.07) is 4.14. The van der Waals surface area contributed by atoms with Crippen LogP contribution in [0.2, 0.25) is 0 Å². The zero-order valence-corrected chi connectivity index (χ0v) is 12.5. The molecule has 116 valence electrons. The van der Waals surface area contributed by atoms with E-state index >= 15 is 0 Å². The van der Waals surface area contributed by atoms with E-state index in [1.165, 1.54) is 0 Å². The van der Waals surface area contributed by atoms with Gasteiger partial charge in [0.2, 0.25) is 5.91 Å². The largest absolute Gasteiger partial charge is 0.370 e. The Morgan fingerprint density at radius 3 is 2.50 bits per heavy atom. The third-order valence-electron chi connectivity index (χ3n) is 3.78. The molecule has 0 radical (unpaired) electrons. The van der Waals surface area contributed by atoms with Gasteiger partial charge < -0.3 is 10.5 Å². The molecule has 1 aliphatic heterocycles. The van der Waals surface area contributed by atoms with Gasteiger partial charge in [0, 0.05) is 6.42 Å². The average Bonchev–Trinajstić information content (AvgIpc) is 2.72. The van der Waals surface area contributed by atoms with Gasteiger partial charge in [-0.3, -0.25) is 19.3 Å². The number of primary amides is 1. The Bertz CT molecular complexity index is 652. The lowest BCUT2D eigenvalue weighted by atomic mass is 9.94. The molecular formula is C16H18N2O4. The molecule has 6 nitrogen and oxygen atoms in total. The number of nitrogens with zero attached hydrogens (tertiary/aromatic N) is 1. The van der Waals surface area contributed by atoms with Crippen LogP contribution in [-0.4, -0.2) is 34.9 Å². The van der Waals surface area contributed by atoms with Gasteiger partial charge in [-0.25, -0.2) is 0 Å². The number of amides is 3. The molecule has 0 aromatic heterocycles. The van der Waals surface area contributed by atoms with Crippen LogP contribution in [0.5, 0.6) is 0 Å². The number of imide groups is 1. The van der Waals surface area contributed by atoms with Crippen molar-refractivity contribution in [2.45, 2.75) is 38.6 Å². The number of hydrogen-bond donors (Lipinski definition) is 1. The minimum absolute atomic E-state index is 0.0430. The highest BCUT2D eigenvalue weighted by Crippen LogP contribution is 2.31. The first kappa shape index (κ1) is 15.9. The van der Waals surface area contributed by atoms with Crippen LogP contribution < -0.4 is 5.73 Å². The summed E-state index contributed by atoms with van der Waals surface area (Å²) in [6.45, 7) is 3.86. The second-order valence-corrected chi connectivity index (χ2v) is 5.61. The summed E-state index contributed by atoms with van der Waals surface area (Å²) in [5.74, 6) is -1.48. The monoisotopic (exact) mass is 302 g/mol. The van der Waals surface area contributed by atoms with Crippen LogP contribution in [0.3, 0.4) is 0 Å². The van der Waals surface area contributed by atoms with Crippen LogP contribution in [0.25, 0.3) is 0 Å². The molecule has 3 amide bonds. The molecule has 0 fully saturated rings. The predicted molar refractivity (Wildman–Crippen MR) is 79.3 cm³/mol. The van der Waals surface area contributed by atoms with Crippen molar-refractivity contribution in [3.63, 3.8) is 0 Å². The molecule has 1 aliphatic rings. The zero-order valence-electron chi connectivity index (χ0n) is 12.5. The van der Waals surface area contributed by atoms with Crippen LogP contribution in [0.4, 0.5) is 0 Å². The summed E-state index contributed by atoms with van der Waals surface area (Å²) in [6.07, 6.45) is 0.495. The van der Waals surface area contributed by atoms with Crippen LogP contribution in [0.15, 0.2) is 18.2 Å². The fourth-order valence-electron chi connectivity index (χ4n) is 2.66. The summed E-state index contributed by atoms with van der Waals surface area (Å²) < 4.78 is 0. The first-order chi connectivity index (χ1) is 10.4. The molecule has 1 aromatic rings. The second-order valence-electron chi connectivity index (χ2n) is 5.61. The van der Waals surface area contributed by atoms with Crippen LogP contribution in [0.1, 0.15) is 58.9 Å². The number of carbonyl (C=O) groups excluding carboxylic acids is 4. The van der Waals surface area contributed by atoms with E-state index in [1.54, 1.807) is 18.2 Å². The molecule has 1 atom stereocenters. The molecule has 6 heteroatoms. The van der Waals surface area contributed by atoms with E-state index in [0.717, 1.165) is 10.5 Å². The Balaban J connectivity index is 2.40. The molecule has 1 aromatic carbocycles. The molecule has 0 saturated carbocycles. The number of carbonyl (C=O) groups is 4. The van der Waals surface area contributed by atoms with E-state index < -0.39 is 23.8 Å². The highest BCUT2D eigenvalue weighted by molar-refractivity contribution is 6.23. The maximum absolute atomic E-state index is 12.6. The van der Waals surface area contributed by atoms with E-state index in [-0.39, 0.29) is 18.8 Å². The molecule has 1 heterocycles. The molecule has 2 N–H and O–H groups in total. The first-order valence-electron chi connectivity index (χ1n) is 7.12. The molecule has 2 rings (SSSR count). The number of benzene rings is 1. The number of nitrogens with two attached hydrogens (primary N) is 1. The Hall–Kier alpha value is -2.50. The third kappa shape index (κ3) is 2.64.